The van der Waals surface area contributed by atoms with Gasteiger partial charge in [0.25, 0.3) is 0 Å². The summed E-state index contributed by atoms with van der Waals surface area (Å²) >= 11 is 0. The average Bonchev–Trinajstić information content (AvgIpc) is 2.90. The Kier molecular flexibility index (Phi) is 6.26. The SMILES string of the molecule is O=C(Cn1c2ccccc2c(=O)c2ccccc21)OCC(=O)c1ccc(C2CCCCC2)cc1. The Morgan fingerprint density at radius 2 is 1.38 bits per heavy atom. The molecule has 1 aliphatic rings. The lowest BCUT2D eigenvalue weighted by Gasteiger charge is -2.22. The van der Waals surface area contributed by atoms with Crippen LogP contribution in [0.2, 0.25) is 0 Å². The number of ketones is 1. The van der Waals surface area contributed by atoms with E-state index in [1.807, 2.05) is 48.5 Å². The molecule has 0 atom stereocenters. The van der Waals surface area contributed by atoms with Gasteiger partial charge >= 0.3 is 5.97 Å². The Morgan fingerprint density at radius 3 is 2.00 bits per heavy atom. The van der Waals surface area contributed by atoms with Gasteiger partial charge in [0.05, 0.1) is 11.0 Å². The lowest BCUT2D eigenvalue weighted by atomic mass is 9.84. The van der Waals surface area contributed by atoms with Crippen LogP contribution in [0.15, 0.2) is 77.6 Å². The molecule has 1 aliphatic carbocycles. The van der Waals surface area contributed by atoms with E-state index in [-0.39, 0.29) is 24.4 Å². The van der Waals surface area contributed by atoms with Gasteiger partial charge in [-0.2, -0.15) is 0 Å². The molecular formula is C29H27NO4. The first-order valence-corrected chi connectivity index (χ1v) is 11.9. The number of hydrogen-bond donors (Lipinski definition) is 0. The molecule has 4 aromatic rings. The zero-order chi connectivity index (χ0) is 23.5. The summed E-state index contributed by atoms with van der Waals surface area (Å²) in [6.07, 6.45) is 6.25. The summed E-state index contributed by atoms with van der Waals surface area (Å²) in [5.41, 5.74) is 3.08. The third-order valence-electron chi connectivity index (χ3n) is 6.84. The van der Waals surface area contributed by atoms with Crippen molar-refractivity contribution in [3.63, 3.8) is 0 Å². The van der Waals surface area contributed by atoms with Gasteiger partial charge in [0, 0.05) is 16.3 Å². The number of carbonyl (C=O) groups excluding carboxylic acids is 2. The smallest absolute Gasteiger partial charge is 0.326 e. The van der Waals surface area contributed by atoms with Crippen LogP contribution in [0, 0.1) is 0 Å². The quantitative estimate of drug-likeness (QED) is 0.216. The topological polar surface area (TPSA) is 65.4 Å². The lowest BCUT2D eigenvalue weighted by molar-refractivity contribution is -0.143. The van der Waals surface area contributed by atoms with Crippen LogP contribution in [0.25, 0.3) is 21.8 Å². The number of fused-ring (bicyclic) bond motifs is 2. The monoisotopic (exact) mass is 453 g/mol. The molecule has 1 saturated carbocycles. The number of benzene rings is 3. The van der Waals surface area contributed by atoms with Gasteiger partial charge in [-0.25, -0.2) is 0 Å². The molecule has 5 rings (SSSR count). The van der Waals surface area contributed by atoms with Gasteiger partial charge in [0.15, 0.2) is 17.8 Å². The predicted molar refractivity (Wildman–Crippen MR) is 133 cm³/mol. The van der Waals surface area contributed by atoms with E-state index in [1.165, 1.54) is 37.7 Å². The summed E-state index contributed by atoms with van der Waals surface area (Å²) in [6, 6.07) is 22.2. The van der Waals surface area contributed by atoms with E-state index < -0.39 is 5.97 Å². The molecule has 34 heavy (non-hydrogen) atoms. The number of Topliss-reactive ketones (excluding diaryl/α,β-unsaturated/α-hetero) is 1. The van der Waals surface area contributed by atoms with Crippen molar-refractivity contribution in [2.45, 2.75) is 44.6 Å². The third-order valence-corrected chi connectivity index (χ3v) is 6.84. The Bertz CT molecular complexity index is 1350. The number of esters is 1. The Labute approximate surface area is 198 Å². The average molecular weight is 454 g/mol. The highest BCUT2D eigenvalue weighted by Gasteiger charge is 2.17. The zero-order valence-corrected chi connectivity index (χ0v) is 19.0. The molecule has 1 fully saturated rings. The fraction of sp³-hybridized carbons (Fsp3) is 0.276. The summed E-state index contributed by atoms with van der Waals surface area (Å²) in [4.78, 5) is 38.2. The van der Waals surface area contributed by atoms with Crippen LogP contribution in [0.4, 0.5) is 0 Å². The molecule has 0 unspecified atom stereocenters. The largest absolute Gasteiger partial charge is 0.456 e. The molecule has 5 nitrogen and oxygen atoms in total. The number of nitrogens with zero attached hydrogens (tertiary/aromatic N) is 1. The maximum absolute atomic E-state index is 12.8. The number of para-hydroxylation sites is 2. The first-order chi connectivity index (χ1) is 16.6. The molecule has 0 spiro atoms. The van der Waals surface area contributed by atoms with Gasteiger partial charge in [0.1, 0.15) is 6.54 Å². The highest BCUT2D eigenvalue weighted by molar-refractivity contribution is 5.98. The summed E-state index contributed by atoms with van der Waals surface area (Å²) < 4.78 is 7.13. The summed E-state index contributed by atoms with van der Waals surface area (Å²) in [5.74, 6) is -0.165. The van der Waals surface area contributed by atoms with E-state index in [2.05, 4.69) is 0 Å². The van der Waals surface area contributed by atoms with Crippen LogP contribution in [0.3, 0.4) is 0 Å². The van der Waals surface area contributed by atoms with Crippen LogP contribution >= 0.6 is 0 Å². The fourth-order valence-corrected chi connectivity index (χ4v) is 5.03. The number of pyridine rings is 1. The Hall–Kier alpha value is -3.73. The standard InChI is InChI=1S/C29H27NO4/c31-27(22-16-14-21(15-17-22)20-8-2-1-3-9-20)19-34-28(32)18-30-25-12-6-4-10-23(25)29(33)24-11-5-7-13-26(24)30/h4-7,10-17,20H,1-3,8-9,18-19H2. The molecule has 1 heterocycles. The van der Waals surface area contributed by atoms with Crippen LogP contribution in [0.1, 0.15) is 53.9 Å². The maximum atomic E-state index is 12.8. The molecule has 0 bridgehead atoms. The van der Waals surface area contributed by atoms with Crippen molar-refractivity contribution < 1.29 is 14.3 Å². The summed E-state index contributed by atoms with van der Waals surface area (Å²) in [6.45, 7) is -0.396. The van der Waals surface area contributed by atoms with E-state index >= 15 is 0 Å². The molecule has 0 saturated heterocycles. The number of rotatable bonds is 6. The van der Waals surface area contributed by atoms with E-state index in [9.17, 15) is 14.4 Å². The van der Waals surface area contributed by atoms with Gasteiger partial charge < -0.3 is 9.30 Å². The molecule has 5 heteroatoms. The normalized spacial score (nSPS) is 14.4. The lowest BCUT2D eigenvalue weighted by Crippen LogP contribution is -2.20. The van der Waals surface area contributed by atoms with E-state index in [4.69, 9.17) is 4.74 Å². The van der Waals surface area contributed by atoms with Crippen molar-refractivity contribution in [1.29, 1.82) is 0 Å². The van der Waals surface area contributed by atoms with Crippen molar-refractivity contribution in [3.8, 4) is 0 Å². The second-order valence-corrected chi connectivity index (χ2v) is 8.99. The molecule has 0 radical (unpaired) electrons. The number of carbonyl (C=O) groups is 2. The number of ether oxygens (including phenoxy) is 1. The highest BCUT2D eigenvalue weighted by atomic mass is 16.5. The molecule has 0 aliphatic heterocycles. The first-order valence-electron chi connectivity index (χ1n) is 11.9. The molecule has 1 aromatic heterocycles. The number of aromatic nitrogens is 1. The van der Waals surface area contributed by atoms with Crippen LogP contribution < -0.4 is 5.43 Å². The van der Waals surface area contributed by atoms with Gasteiger partial charge in [0.2, 0.25) is 0 Å². The molecular weight excluding hydrogens is 426 g/mol. The number of hydrogen-bond acceptors (Lipinski definition) is 4. The minimum absolute atomic E-state index is 0.0670. The van der Waals surface area contributed by atoms with Crippen LogP contribution in [-0.2, 0) is 16.1 Å². The summed E-state index contributed by atoms with van der Waals surface area (Å²) in [5, 5.41) is 1.09. The third kappa shape index (κ3) is 4.38. The fourth-order valence-electron chi connectivity index (χ4n) is 5.03. The molecule has 0 amide bonds. The maximum Gasteiger partial charge on any atom is 0.326 e. The first kappa shape index (κ1) is 22.1. The van der Waals surface area contributed by atoms with Crippen molar-refractivity contribution in [1.82, 2.24) is 4.57 Å². The van der Waals surface area contributed by atoms with Crippen LogP contribution in [-0.4, -0.2) is 22.9 Å². The minimum atomic E-state index is -0.522. The predicted octanol–water partition coefficient (Wildman–Crippen LogP) is 5.63. The van der Waals surface area contributed by atoms with Gasteiger partial charge in [-0.15, -0.1) is 0 Å². The second-order valence-electron chi connectivity index (χ2n) is 8.99. The van der Waals surface area contributed by atoms with Crippen LogP contribution in [0.5, 0.6) is 0 Å². The van der Waals surface area contributed by atoms with Crippen molar-refractivity contribution in [3.05, 3.63) is 94.1 Å². The van der Waals surface area contributed by atoms with E-state index in [1.54, 1.807) is 28.8 Å². The van der Waals surface area contributed by atoms with E-state index in [0.717, 1.165) is 0 Å². The Morgan fingerprint density at radius 1 is 0.794 bits per heavy atom. The second kappa shape index (κ2) is 9.64. The minimum Gasteiger partial charge on any atom is -0.456 e. The van der Waals surface area contributed by atoms with Gasteiger partial charge in [-0.3, -0.25) is 14.4 Å². The van der Waals surface area contributed by atoms with Gasteiger partial charge in [-0.05, 0) is 48.6 Å². The molecule has 0 N–H and O–H groups in total. The van der Waals surface area contributed by atoms with E-state index in [0.29, 0.717) is 33.3 Å². The Balaban J connectivity index is 1.30. The van der Waals surface area contributed by atoms with Crippen molar-refractivity contribution >= 4 is 33.6 Å². The summed E-state index contributed by atoms with van der Waals surface area (Å²) in [7, 11) is 0. The van der Waals surface area contributed by atoms with Gasteiger partial charge in [-0.1, -0.05) is 67.8 Å². The zero-order valence-electron chi connectivity index (χ0n) is 19.0. The molecule has 172 valence electrons. The van der Waals surface area contributed by atoms with Crippen molar-refractivity contribution in [2.24, 2.45) is 0 Å². The van der Waals surface area contributed by atoms with Crippen molar-refractivity contribution in [2.75, 3.05) is 6.61 Å². The molecule has 3 aromatic carbocycles. The highest BCUT2D eigenvalue weighted by Crippen LogP contribution is 2.32.